The van der Waals surface area contributed by atoms with E-state index in [0.717, 1.165) is 43.5 Å². The van der Waals surface area contributed by atoms with Crippen LogP contribution in [-0.2, 0) is 33.7 Å². The Morgan fingerprint density at radius 1 is 0.671 bits per heavy atom. The third kappa shape index (κ3) is 14.0. The summed E-state index contributed by atoms with van der Waals surface area (Å²) in [6.45, 7) is 16.1. The number of nitrogens with one attached hydrogen (secondary N) is 1. The number of aromatic nitrogens is 8. The maximum absolute atomic E-state index is 13.3. The molecule has 8 rings (SSSR count). The Bertz CT molecular complexity index is 3610. The quantitative estimate of drug-likeness (QED) is 0.0914. The monoisotopic (exact) mass is 1050 g/mol. The van der Waals surface area contributed by atoms with Gasteiger partial charge < -0.3 is 23.8 Å². The fraction of sp³-hybridized carbons (Fsp3) is 0.191. The largest absolute Gasteiger partial charge is 0.573 e. The van der Waals surface area contributed by atoms with Crippen LogP contribution in [0.2, 0.25) is 10.0 Å². The summed E-state index contributed by atoms with van der Waals surface area (Å²) in [7, 11) is 2.83. The number of hydrogen-bond acceptors (Lipinski definition) is 10. The van der Waals surface area contributed by atoms with Gasteiger partial charge in [0.15, 0.2) is 22.3 Å². The summed E-state index contributed by atoms with van der Waals surface area (Å²) in [5, 5.41) is 1.01. The molecule has 73 heavy (non-hydrogen) atoms. The number of hydrogen-bond donors (Lipinski definition) is 1. The average molecular weight is 1060 g/mol. The van der Waals surface area contributed by atoms with E-state index in [-0.39, 0.29) is 79.5 Å². The van der Waals surface area contributed by atoms with Crippen LogP contribution in [0, 0.1) is 13.1 Å². The van der Waals surface area contributed by atoms with Crippen molar-refractivity contribution >= 4 is 45.5 Å². The molecular formula is C47H38Cl2F6N10O8. The van der Waals surface area contributed by atoms with Gasteiger partial charge in [-0.1, -0.05) is 67.0 Å². The smallest absolute Gasteiger partial charge is 0.425 e. The molecule has 0 amide bonds. The van der Waals surface area contributed by atoms with Gasteiger partial charge in [0.25, 0.3) is 11.1 Å². The number of aryl methyl sites for hydroxylation is 2. The average Bonchev–Trinajstić information content (AvgIpc) is 3.86. The number of aromatic amines is 1. The van der Waals surface area contributed by atoms with Gasteiger partial charge in [0.2, 0.25) is 6.54 Å². The number of rotatable bonds is 12. The Morgan fingerprint density at radius 2 is 1.10 bits per heavy atom. The number of fused-ring (bicyclic) bond motifs is 2. The van der Waals surface area contributed by atoms with E-state index in [9.17, 15) is 45.5 Å². The van der Waals surface area contributed by atoms with Gasteiger partial charge >= 0.3 is 36.1 Å². The number of alkyl halides is 6. The maximum Gasteiger partial charge on any atom is 0.573 e. The standard InChI is InChI=1S/C23H17ClF3N5O4.C20H14ClF3N4O4.C3H3N.CH4/c1-28-10-11-31-20(33)18-19(30(2)22(31)34)29-21(32(18)13-14-6-8-15(24)9-7-14)35-16-4-3-5-17(12-16)36-23(25,26)27;1-27-16-15(17(29)26-18(27)30)28(10-11-5-7-12(21)8-6-11)19(25-16)31-13-3-2-4-14(9-13)32-20(22,23)24;1-3-4-2;/h3-9,12H,10-11,13H2,2H3;2-9H,10H2,1H3,(H,26,29,30);3H,1H2;1H4. The van der Waals surface area contributed by atoms with Crippen LogP contribution in [0.4, 0.5) is 26.3 Å². The molecule has 0 saturated carbocycles. The predicted octanol–water partition coefficient (Wildman–Crippen LogP) is 9.71. The first-order valence-corrected chi connectivity index (χ1v) is 21.1. The van der Waals surface area contributed by atoms with Crippen LogP contribution < -0.4 is 41.4 Å². The van der Waals surface area contributed by atoms with Crippen LogP contribution >= 0.6 is 23.2 Å². The highest BCUT2D eigenvalue weighted by Gasteiger charge is 2.32. The third-order valence-corrected chi connectivity index (χ3v) is 10.2. The molecule has 0 aliphatic rings. The van der Waals surface area contributed by atoms with E-state index >= 15 is 0 Å². The van der Waals surface area contributed by atoms with Crippen LogP contribution in [0.3, 0.4) is 0 Å². The zero-order chi connectivity index (χ0) is 52.5. The molecule has 26 heteroatoms. The topological polar surface area (TPSA) is 180 Å². The van der Waals surface area contributed by atoms with Crippen LogP contribution in [-0.4, -0.2) is 57.1 Å². The normalized spacial score (nSPS) is 11.0. The van der Waals surface area contributed by atoms with Gasteiger partial charge in [-0.05, 0) is 59.7 Å². The molecule has 0 unspecified atom stereocenters. The molecule has 0 fully saturated rings. The third-order valence-electron chi connectivity index (χ3n) is 9.70. The van der Waals surface area contributed by atoms with Crippen molar-refractivity contribution in [1.29, 1.82) is 0 Å². The zero-order valence-corrected chi connectivity index (χ0v) is 38.7. The van der Waals surface area contributed by atoms with E-state index in [2.05, 4.69) is 40.7 Å². The minimum Gasteiger partial charge on any atom is -0.425 e. The van der Waals surface area contributed by atoms with E-state index in [1.165, 1.54) is 53.7 Å². The van der Waals surface area contributed by atoms with Crippen molar-refractivity contribution in [2.75, 3.05) is 6.54 Å². The number of nitrogens with zero attached hydrogens (tertiary/aromatic N) is 9. The van der Waals surface area contributed by atoms with E-state index in [1.807, 2.05) is 0 Å². The molecule has 0 spiro atoms. The van der Waals surface area contributed by atoms with Crippen LogP contribution in [0.1, 0.15) is 18.6 Å². The molecule has 0 radical (unpaired) electrons. The van der Waals surface area contributed by atoms with E-state index < -0.39 is 46.7 Å². The second kappa shape index (κ2) is 23.4. The summed E-state index contributed by atoms with van der Waals surface area (Å²) in [5.41, 5.74) is -1.13. The van der Waals surface area contributed by atoms with E-state index in [4.69, 9.17) is 45.8 Å². The molecule has 4 heterocycles. The fourth-order valence-corrected chi connectivity index (χ4v) is 6.84. The van der Waals surface area contributed by atoms with Gasteiger partial charge in [0.05, 0.1) is 19.7 Å². The van der Waals surface area contributed by atoms with Gasteiger partial charge in [0, 0.05) is 36.3 Å². The van der Waals surface area contributed by atoms with Crippen molar-refractivity contribution in [2.45, 2.75) is 39.8 Å². The summed E-state index contributed by atoms with van der Waals surface area (Å²) in [4.78, 5) is 67.3. The van der Waals surface area contributed by atoms with Crippen LogP contribution in [0.25, 0.3) is 32.0 Å². The highest BCUT2D eigenvalue weighted by Crippen LogP contribution is 2.32. The minimum absolute atomic E-state index is 0. The highest BCUT2D eigenvalue weighted by atomic mass is 35.5. The second-order valence-corrected chi connectivity index (χ2v) is 15.5. The number of benzene rings is 4. The lowest BCUT2D eigenvalue weighted by Gasteiger charge is -2.12. The van der Waals surface area contributed by atoms with E-state index in [0.29, 0.717) is 15.6 Å². The van der Waals surface area contributed by atoms with Crippen molar-refractivity contribution < 1.29 is 45.3 Å². The Labute approximate surface area is 418 Å². The highest BCUT2D eigenvalue weighted by molar-refractivity contribution is 6.30. The molecule has 4 aromatic heterocycles. The Balaban J connectivity index is 0.000000250. The van der Waals surface area contributed by atoms with Crippen LogP contribution in [0.15, 0.2) is 129 Å². The van der Waals surface area contributed by atoms with Gasteiger partial charge in [0.1, 0.15) is 35.7 Å². The number of imidazole rings is 2. The molecule has 0 bridgehead atoms. The molecule has 380 valence electrons. The van der Waals surface area contributed by atoms with Crippen molar-refractivity contribution in [3.8, 4) is 35.0 Å². The Hall–Kier alpha value is -8.74. The number of H-pyrrole nitrogens is 1. The molecule has 4 aromatic carbocycles. The first kappa shape index (κ1) is 55.2. The molecule has 1 N–H and O–H groups in total. The van der Waals surface area contributed by atoms with E-state index in [1.54, 1.807) is 48.5 Å². The molecule has 18 nitrogen and oxygen atoms in total. The zero-order valence-electron chi connectivity index (χ0n) is 37.2. The number of ether oxygens (including phenoxy) is 4. The molecule has 0 aliphatic carbocycles. The minimum atomic E-state index is -4.89. The lowest BCUT2D eigenvalue weighted by molar-refractivity contribution is -0.275. The summed E-state index contributed by atoms with van der Waals surface area (Å²) < 4.78 is 101. The summed E-state index contributed by atoms with van der Waals surface area (Å²) in [6.07, 6.45) is -8.60. The van der Waals surface area contributed by atoms with Gasteiger partial charge in [-0.25, -0.2) is 21.0 Å². The molecule has 0 saturated heterocycles. The lowest BCUT2D eigenvalue weighted by Crippen LogP contribution is -2.40. The first-order valence-electron chi connectivity index (χ1n) is 20.4. The van der Waals surface area contributed by atoms with Gasteiger partial charge in [-0.2, -0.15) is 9.97 Å². The Kier molecular flexibility index (Phi) is 17.7. The summed E-state index contributed by atoms with van der Waals surface area (Å²) in [6, 6.07) is 22.9. The van der Waals surface area contributed by atoms with Crippen molar-refractivity contribution in [3.05, 3.63) is 196 Å². The SMILES string of the molecule is C.Cn1c(=O)[nH]c(=O)c2c1nc(Oc1cccc(OC(F)(F)F)c1)n2Cc1ccc(Cl)cc1.[C-]#[N+]C=C.[C-]#[N+]CCn1c(=O)c2c(nc(Oc3cccc(OC(F)(F)F)c3)n2Cc2ccc(Cl)cc2)n(C)c1=O. The number of halogens is 8. The van der Waals surface area contributed by atoms with Crippen molar-refractivity contribution in [2.24, 2.45) is 14.1 Å². The summed E-state index contributed by atoms with van der Waals surface area (Å²) in [5.74, 6) is -1.04. The fourth-order valence-electron chi connectivity index (χ4n) is 6.59. The molecular weight excluding hydrogens is 1020 g/mol. The molecule has 0 aliphatic heterocycles. The molecule has 0 atom stereocenters. The first-order chi connectivity index (χ1) is 34.1. The lowest BCUT2D eigenvalue weighted by atomic mass is 10.2. The second-order valence-electron chi connectivity index (χ2n) is 14.6. The van der Waals surface area contributed by atoms with Gasteiger partial charge in [-0.3, -0.25) is 37.4 Å². The van der Waals surface area contributed by atoms with Gasteiger partial charge in [-0.15, -0.1) is 32.9 Å². The maximum atomic E-state index is 13.3. The Morgan fingerprint density at radius 3 is 1.52 bits per heavy atom. The molecule has 8 aromatic rings. The predicted molar refractivity (Wildman–Crippen MR) is 257 cm³/mol. The summed E-state index contributed by atoms with van der Waals surface area (Å²) >= 11 is 11.9. The van der Waals surface area contributed by atoms with Crippen molar-refractivity contribution in [1.82, 2.24) is 37.8 Å². The van der Waals surface area contributed by atoms with Crippen LogP contribution in [0.5, 0.6) is 35.0 Å². The van der Waals surface area contributed by atoms with Crippen molar-refractivity contribution in [3.63, 3.8) is 0 Å².